The summed E-state index contributed by atoms with van der Waals surface area (Å²) >= 11 is 12.2. The van der Waals surface area contributed by atoms with Crippen molar-refractivity contribution in [2.75, 3.05) is 26.2 Å². The number of β-amino-alcohol motifs (C(OH)–C–C–N with tert-alkyl or cyclic N) is 1. The number of benzene rings is 2. The van der Waals surface area contributed by atoms with E-state index in [1.54, 1.807) is 0 Å². The highest BCUT2D eigenvalue weighted by atomic mass is 35.5. The molecule has 1 saturated heterocycles. The fraction of sp³-hybridized carbons (Fsp3) is 0.407. The fourth-order valence-electron chi connectivity index (χ4n) is 4.58. The van der Waals surface area contributed by atoms with E-state index in [-0.39, 0.29) is 30.4 Å². The summed E-state index contributed by atoms with van der Waals surface area (Å²) in [4.78, 5) is 2.28. The quantitative estimate of drug-likeness (QED) is 0.265. The van der Waals surface area contributed by atoms with Crippen molar-refractivity contribution >= 4 is 46.6 Å². The highest BCUT2D eigenvalue weighted by Crippen LogP contribution is 2.34. The van der Waals surface area contributed by atoms with Gasteiger partial charge in [0.2, 0.25) is 5.89 Å². The molecular formula is C27H32Cl3N3O5. The molecule has 1 atom stereocenters. The van der Waals surface area contributed by atoms with Crippen molar-refractivity contribution in [1.29, 1.82) is 0 Å². The number of furan rings is 1. The first-order valence-electron chi connectivity index (χ1n) is 12.2. The molecule has 2 aromatic carbocycles. The minimum atomic E-state index is -0.613. The first-order chi connectivity index (χ1) is 17.4. The van der Waals surface area contributed by atoms with Crippen LogP contribution in [-0.2, 0) is 0 Å². The lowest BCUT2D eigenvalue weighted by atomic mass is 9.89. The summed E-state index contributed by atoms with van der Waals surface area (Å²) in [6, 6.07) is 13.3. The Morgan fingerprint density at radius 1 is 1.05 bits per heavy atom. The molecule has 2 aromatic heterocycles. The van der Waals surface area contributed by atoms with Crippen LogP contribution in [0.1, 0.15) is 50.0 Å². The van der Waals surface area contributed by atoms with Gasteiger partial charge in [0, 0.05) is 18.5 Å². The van der Waals surface area contributed by atoms with Crippen molar-refractivity contribution < 1.29 is 24.2 Å². The zero-order valence-corrected chi connectivity index (χ0v) is 23.5. The van der Waals surface area contributed by atoms with E-state index in [4.69, 9.17) is 36.8 Å². The summed E-state index contributed by atoms with van der Waals surface area (Å²) in [5.74, 6) is 2.62. The second-order valence-corrected chi connectivity index (χ2v) is 10.4. The molecule has 38 heavy (non-hydrogen) atoms. The number of aliphatic hydroxyl groups excluding tert-OH is 1. The number of likely N-dealkylation sites (tertiary alicyclic amines) is 1. The second-order valence-electron chi connectivity index (χ2n) is 9.59. The highest BCUT2D eigenvalue weighted by Gasteiger charge is 2.23. The van der Waals surface area contributed by atoms with Gasteiger partial charge in [-0.2, -0.15) is 0 Å². The van der Waals surface area contributed by atoms with E-state index in [1.807, 2.05) is 50.2 Å². The molecule has 1 fully saturated rings. The van der Waals surface area contributed by atoms with Crippen LogP contribution < -0.4 is 4.74 Å². The van der Waals surface area contributed by atoms with Crippen LogP contribution in [0.3, 0.4) is 0 Å². The van der Waals surface area contributed by atoms with Gasteiger partial charge in [0.25, 0.3) is 5.89 Å². The number of hydrogen-bond acceptors (Lipinski definition) is 7. The normalized spacial score (nSPS) is 15.3. The summed E-state index contributed by atoms with van der Waals surface area (Å²) in [5.41, 5.74) is 1.88. The molecule has 11 heteroatoms. The third kappa shape index (κ3) is 6.81. The van der Waals surface area contributed by atoms with Gasteiger partial charge >= 0.3 is 0 Å². The lowest BCUT2D eigenvalue weighted by Crippen LogP contribution is -2.40. The molecule has 0 bridgehead atoms. The second kappa shape index (κ2) is 13.2. The van der Waals surface area contributed by atoms with Crippen molar-refractivity contribution in [2.45, 2.75) is 44.6 Å². The molecule has 1 aliphatic heterocycles. The molecule has 0 spiro atoms. The van der Waals surface area contributed by atoms with Crippen molar-refractivity contribution in [3.05, 3.63) is 64.0 Å². The molecule has 4 aromatic rings. The van der Waals surface area contributed by atoms with Gasteiger partial charge in [-0.1, -0.05) is 49.2 Å². The highest BCUT2D eigenvalue weighted by molar-refractivity contribution is 6.42. The van der Waals surface area contributed by atoms with Gasteiger partial charge in [0.15, 0.2) is 5.76 Å². The Hall–Kier alpha value is -2.33. The number of aliphatic hydroxyl groups is 1. The number of hydrogen-bond donors (Lipinski definition) is 1. The molecule has 8 nitrogen and oxygen atoms in total. The summed E-state index contributed by atoms with van der Waals surface area (Å²) in [6.07, 6.45) is 1.41. The van der Waals surface area contributed by atoms with Crippen molar-refractivity contribution in [3.8, 4) is 17.4 Å². The van der Waals surface area contributed by atoms with Gasteiger partial charge in [0.05, 0.1) is 15.4 Å². The lowest BCUT2D eigenvalue weighted by Gasteiger charge is -2.33. The van der Waals surface area contributed by atoms with E-state index in [9.17, 15) is 5.11 Å². The Balaban J connectivity index is 0.00000200. The topological polar surface area (TPSA) is 116 Å². The minimum absolute atomic E-state index is 0. The molecule has 5 rings (SSSR count). The maximum absolute atomic E-state index is 10.7. The average molecular weight is 585 g/mol. The molecule has 0 radical (unpaired) electrons. The van der Waals surface area contributed by atoms with E-state index < -0.39 is 6.10 Å². The number of piperidine rings is 1. The Morgan fingerprint density at radius 3 is 2.50 bits per heavy atom. The smallest absolute Gasteiger partial charge is 0.283 e. The lowest BCUT2D eigenvalue weighted by molar-refractivity contribution is 0.0599. The third-order valence-corrected chi connectivity index (χ3v) is 7.31. The number of halogens is 3. The van der Waals surface area contributed by atoms with Gasteiger partial charge in [-0.15, -0.1) is 22.6 Å². The third-order valence-electron chi connectivity index (χ3n) is 6.57. The molecule has 3 heterocycles. The average Bonchev–Trinajstić information content (AvgIpc) is 3.53. The SMILES string of the molecule is CC(C)c1nnc(-c2cc3c(OC[C@@H](O)CN4CCC(c5ccc(Cl)c(Cl)c5)CC4)cccc3o2)o1.Cl.O. The van der Waals surface area contributed by atoms with E-state index in [2.05, 4.69) is 21.2 Å². The van der Waals surface area contributed by atoms with Gasteiger partial charge in [-0.05, 0) is 61.7 Å². The van der Waals surface area contributed by atoms with Crippen LogP contribution in [0.25, 0.3) is 22.6 Å². The summed E-state index contributed by atoms with van der Waals surface area (Å²) in [6.45, 7) is 6.54. The summed E-state index contributed by atoms with van der Waals surface area (Å²) in [7, 11) is 0. The minimum Gasteiger partial charge on any atom is -0.490 e. The molecule has 3 N–H and O–H groups in total. The van der Waals surface area contributed by atoms with Crippen LogP contribution in [0.5, 0.6) is 5.75 Å². The van der Waals surface area contributed by atoms with E-state index in [0.29, 0.717) is 51.4 Å². The maximum Gasteiger partial charge on any atom is 0.283 e. The Labute approximate surface area is 237 Å². The number of ether oxygens (including phenoxy) is 1. The molecule has 0 amide bonds. The van der Waals surface area contributed by atoms with Gasteiger partial charge < -0.3 is 29.1 Å². The number of aromatic nitrogens is 2. The number of rotatable bonds is 8. The monoisotopic (exact) mass is 583 g/mol. The molecule has 0 saturated carbocycles. The molecule has 1 aliphatic rings. The molecule has 0 unspecified atom stereocenters. The Morgan fingerprint density at radius 2 is 1.82 bits per heavy atom. The van der Waals surface area contributed by atoms with E-state index in [1.165, 1.54) is 5.56 Å². The zero-order valence-electron chi connectivity index (χ0n) is 21.2. The van der Waals surface area contributed by atoms with Crippen molar-refractivity contribution in [2.24, 2.45) is 0 Å². The molecule has 0 aliphatic carbocycles. The van der Waals surface area contributed by atoms with Crippen LogP contribution in [0, 0.1) is 0 Å². The van der Waals surface area contributed by atoms with Crippen molar-refractivity contribution in [3.63, 3.8) is 0 Å². The van der Waals surface area contributed by atoms with Crippen LogP contribution in [0.4, 0.5) is 0 Å². The maximum atomic E-state index is 10.7. The van der Waals surface area contributed by atoms with E-state index in [0.717, 1.165) is 31.3 Å². The number of fused-ring (bicyclic) bond motifs is 1. The van der Waals surface area contributed by atoms with Crippen LogP contribution in [0.2, 0.25) is 10.0 Å². The van der Waals surface area contributed by atoms with Gasteiger partial charge in [-0.3, -0.25) is 0 Å². The largest absolute Gasteiger partial charge is 0.490 e. The predicted molar refractivity (Wildman–Crippen MR) is 151 cm³/mol. The fourth-order valence-corrected chi connectivity index (χ4v) is 4.89. The van der Waals surface area contributed by atoms with Crippen molar-refractivity contribution in [1.82, 2.24) is 15.1 Å². The number of nitrogens with zero attached hydrogens (tertiary/aromatic N) is 3. The Bertz CT molecular complexity index is 1330. The van der Waals surface area contributed by atoms with Gasteiger partial charge in [0.1, 0.15) is 24.0 Å². The first kappa shape index (κ1) is 30.2. The Kier molecular flexibility index (Phi) is 10.5. The summed E-state index contributed by atoms with van der Waals surface area (Å²) in [5, 5.41) is 20.8. The molecular weight excluding hydrogens is 553 g/mol. The first-order valence-corrected chi connectivity index (χ1v) is 13.0. The molecule has 206 valence electrons. The van der Waals surface area contributed by atoms with Crippen LogP contribution in [0.15, 0.2) is 51.3 Å². The zero-order chi connectivity index (χ0) is 25.2. The van der Waals surface area contributed by atoms with Gasteiger partial charge in [-0.25, -0.2) is 0 Å². The summed E-state index contributed by atoms with van der Waals surface area (Å²) < 4.78 is 17.6. The standard InChI is InChI=1S/C27H29Cl2N3O4.ClH.H2O/c1-16(2)26-30-31-27(36-26)25-13-20-23(4-3-5-24(20)35-25)34-15-19(33)14-32-10-8-17(9-11-32)18-6-7-21(28)22(29)12-18;;/h3-7,12-13,16-17,19,33H,8-11,14-15H2,1-2H3;1H;1H2/t19-;;/m0../s1. The van der Waals surface area contributed by atoms with E-state index >= 15 is 0 Å². The predicted octanol–water partition coefficient (Wildman–Crippen LogP) is 6.13. The van der Waals surface area contributed by atoms with Crippen LogP contribution in [-0.4, -0.2) is 58.0 Å². The van der Waals surface area contributed by atoms with Crippen LogP contribution >= 0.6 is 35.6 Å².